The van der Waals surface area contributed by atoms with Crippen LogP contribution in [0.1, 0.15) is 24.8 Å². The molecule has 0 radical (unpaired) electrons. The van der Waals surface area contributed by atoms with Crippen LogP contribution in [0.4, 0.5) is 5.69 Å². The van der Waals surface area contributed by atoms with Gasteiger partial charge in [-0.2, -0.15) is 0 Å². The van der Waals surface area contributed by atoms with Gasteiger partial charge in [-0.05, 0) is 42.7 Å². The minimum Gasteiger partial charge on any atom is -0.461 e. The Morgan fingerprint density at radius 1 is 0.806 bits per heavy atom. The van der Waals surface area contributed by atoms with Gasteiger partial charge in [-0.15, -0.1) is 0 Å². The highest BCUT2D eigenvalue weighted by Gasteiger charge is 2.38. The summed E-state index contributed by atoms with van der Waals surface area (Å²) in [5.41, 5.74) is 1.58. The van der Waals surface area contributed by atoms with Crippen LogP contribution in [0.25, 0.3) is 0 Å². The lowest BCUT2D eigenvalue weighted by atomic mass is 9.95. The van der Waals surface area contributed by atoms with Crippen molar-refractivity contribution < 1.29 is 19.1 Å². The zero-order valence-electron chi connectivity index (χ0n) is 17.2. The van der Waals surface area contributed by atoms with Crippen LogP contribution in [-0.4, -0.2) is 11.9 Å². The summed E-state index contributed by atoms with van der Waals surface area (Å²) in [6.45, 7) is 0.226. The Balaban J connectivity index is 1.36. The summed E-state index contributed by atoms with van der Waals surface area (Å²) < 4.78 is 11.3. The number of hydrogen-bond donors (Lipinski definition) is 1. The van der Waals surface area contributed by atoms with Crippen molar-refractivity contribution in [3.8, 4) is 11.5 Å². The molecule has 0 aromatic heterocycles. The second-order valence-electron chi connectivity index (χ2n) is 7.67. The third kappa shape index (κ3) is 5.51. The number of esters is 1. The number of para-hydroxylation sites is 1. The van der Waals surface area contributed by atoms with Gasteiger partial charge < -0.3 is 14.8 Å². The minimum absolute atomic E-state index is 0.156. The second kappa shape index (κ2) is 9.94. The Labute approximate surface area is 182 Å². The van der Waals surface area contributed by atoms with Gasteiger partial charge >= 0.3 is 5.97 Å². The van der Waals surface area contributed by atoms with Crippen molar-refractivity contribution in [3.05, 3.63) is 90.5 Å². The third-order valence-electron chi connectivity index (χ3n) is 5.46. The molecule has 2 atom stereocenters. The van der Waals surface area contributed by atoms with Crippen LogP contribution in [-0.2, 0) is 20.9 Å². The van der Waals surface area contributed by atoms with E-state index in [1.54, 1.807) is 6.07 Å². The van der Waals surface area contributed by atoms with E-state index in [1.807, 2.05) is 78.9 Å². The molecule has 3 aromatic rings. The van der Waals surface area contributed by atoms with Gasteiger partial charge in [-0.25, -0.2) is 0 Å². The van der Waals surface area contributed by atoms with E-state index in [9.17, 15) is 9.59 Å². The molecule has 4 rings (SSSR count). The molecule has 1 aliphatic carbocycles. The number of ether oxygens (including phenoxy) is 2. The maximum absolute atomic E-state index is 12.9. The molecule has 0 spiro atoms. The molecule has 31 heavy (non-hydrogen) atoms. The van der Waals surface area contributed by atoms with E-state index in [0.717, 1.165) is 17.7 Å². The number of nitrogens with one attached hydrogen (secondary N) is 1. The van der Waals surface area contributed by atoms with Crippen LogP contribution >= 0.6 is 0 Å². The van der Waals surface area contributed by atoms with E-state index in [2.05, 4.69) is 5.32 Å². The topological polar surface area (TPSA) is 64.6 Å². The van der Waals surface area contributed by atoms with E-state index in [1.165, 1.54) is 0 Å². The average Bonchev–Trinajstić information content (AvgIpc) is 3.29. The highest BCUT2D eigenvalue weighted by molar-refractivity contribution is 5.95. The summed E-state index contributed by atoms with van der Waals surface area (Å²) in [4.78, 5) is 25.5. The van der Waals surface area contributed by atoms with Crippen molar-refractivity contribution in [3.63, 3.8) is 0 Å². The first-order chi connectivity index (χ1) is 15.2. The molecule has 0 saturated heterocycles. The van der Waals surface area contributed by atoms with Gasteiger partial charge in [0.1, 0.15) is 18.1 Å². The van der Waals surface area contributed by atoms with Crippen LogP contribution < -0.4 is 10.1 Å². The van der Waals surface area contributed by atoms with Crippen molar-refractivity contribution in [1.29, 1.82) is 0 Å². The lowest BCUT2D eigenvalue weighted by molar-refractivity contribution is -0.152. The molecular weight excluding hydrogens is 390 g/mol. The van der Waals surface area contributed by atoms with Crippen LogP contribution in [0.15, 0.2) is 84.9 Å². The van der Waals surface area contributed by atoms with Gasteiger partial charge in [-0.3, -0.25) is 9.59 Å². The zero-order chi connectivity index (χ0) is 21.5. The number of rotatable bonds is 7. The number of hydrogen-bond acceptors (Lipinski definition) is 4. The molecule has 158 valence electrons. The highest BCUT2D eigenvalue weighted by Crippen LogP contribution is 2.34. The molecule has 1 saturated carbocycles. The molecule has 1 aliphatic rings. The maximum Gasteiger partial charge on any atom is 0.310 e. The molecule has 0 bridgehead atoms. The van der Waals surface area contributed by atoms with Gasteiger partial charge in [0, 0.05) is 11.8 Å². The van der Waals surface area contributed by atoms with E-state index in [-0.39, 0.29) is 24.4 Å². The van der Waals surface area contributed by atoms with Gasteiger partial charge in [0.25, 0.3) is 0 Å². The number of carbonyl (C=O) groups excluding carboxylic acids is 2. The smallest absolute Gasteiger partial charge is 0.310 e. The number of amides is 1. The van der Waals surface area contributed by atoms with Crippen molar-refractivity contribution in [2.24, 2.45) is 11.8 Å². The van der Waals surface area contributed by atoms with E-state index in [4.69, 9.17) is 9.47 Å². The fourth-order valence-corrected chi connectivity index (χ4v) is 3.89. The van der Waals surface area contributed by atoms with Gasteiger partial charge in [0.05, 0.1) is 11.8 Å². The van der Waals surface area contributed by atoms with Gasteiger partial charge in [0.2, 0.25) is 5.91 Å². The Morgan fingerprint density at radius 3 is 2.26 bits per heavy atom. The predicted molar refractivity (Wildman–Crippen MR) is 119 cm³/mol. The third-order valence-corrected chi connectivity index (χ3v) is 5.46. The fraction of sp³-hybridized carbons (Fsp3) is 0.231. The molecule has 1 N–H and O–H groups in total. The molecule has 1 unspecified atom stereocenters. The first-order valence-corrected chi connectivity index (χ1v) is 10.5. The molecular formula is C26H25NO4. The van der Waals surface area contributed by atoms with Crippen LogP contribution in [0, 0.1) is 11.8 Å². The van der Waals surface area contributed by atoms with Gasteiger partial charge in [-0.1, -0.05) is 61.0 Å². The fourth-order valence-electron chi connectivity index (χ4n) is 3.89. The quantitative estimate of drug-likeness (QED) is 0.512. The van der Waals surface area contributed by atoms with Gasteiger partial charge in [0.15, 0.2) is 0 Å². The SMILES string of the molecule is O=C(OCc1ccccc1)C1CCC[C@H]1C(=O)Nc1cccc(Oc2ccccc2)c1. The zero-order valence-corrected chi connectivity index (χ0v) is 17.2. The van der Waals surface area contributed by atoms with Crippen molar-refractivity contribution in [2.45, 2.75) is 25.9 Å². The lowest BCUT2D eigenvalue weighted by Crippen LogP contribution is -2.31. The highest BCUT2D eigenvalue weighted by atomic mass is 16.5. The number of carbonyl (C=O) groups is 2. The molecule has 0 aliphatic heterocycles. The molecule has 0 heterocycles. The Morgan fingerprint density at radius 2 is 1.48 bits per heavy atom. The Bertz CT molecular complexity index is 1020. The Kier molecular flexibility index (Phi) is 6.62. The second-order valence-corrected chi connectivity index (χ2v) is 7.67. The molecule has 5 nitrogen and oxygen atoms in total. The molecule has 5 heteroatoms. The van der Waals surface area contributed by atoms with Crippen molar-refractivity contribution in [1.82, 2.24) is 0 Å². The number of anilines is 1. The summed E-state index contributed by atoms with van der Waals surface area (Å²) in [6.07, 6.45) is 2.18. The van der Waals surface area contributed by atoms with E-state index < -0.39 is 5.92 Å². The summed E-state index contributed by atoms with van der Waals surface area (Å²) >= 11 is 0. The monoisotopic (exact) mass is 415 g/mol. The average molecular weight is 415 g/mol. The largest absolute Gasteiger partial charge is 0.461 e. The Hall–Kier alpha value is -3.60. The number of benzene rings is 3. The van der Waals surface area contributed by atoms with E-state index in [0.29, 0.717) is 24.3 Å². The molecule has 3 aromatic carbocycles. The van der Waals surface area contributed by atoms with Crippen LogP contribution in [0.3, 0.4) is 0 Å². The van der Waals surface area contributed by atoms with Crippen LogP contribution in [0.2, 0.25) is 0 Å². The van der Waals surface area contributed by atoms with Crippen molar-refractivity contribution >= 4 is 17.6 Å². The first kappa shape index (κ1) is 20.7. The summed E-state index contributed by atoms with van der Waals surface area (Å²) in [5.74, 6) is 0.102. The summed E-state index contributed by atoms with van der Waals surface area (Å²) in [6, 6.07) is 26.3. The lowest BCUT2D eigenvalue weighted by Gasteiger charge is -2.18. The van der Waals surface area contributed by atoms with Crippen LogP contribution in [0.5, 0.6) is 11.5 Å². The normalized spacial score (nSPS) is 17.7. The summed E-state index contributed by atoms with van der Waals surface area (Å²) in [5, 5.41) is 2.94. The molecule has 1 amide bonds. The standard InChI is InChI=1S/C26H25NO4/c28-25(27-20-11-7-14-22(17-20)31-21-12-5-2-6-13-21)23-15-8-16-24(23)26(29)30-18-19-9-3-1-4-10-19/h1-7,9-14,17,23-24H,8,15-16,18H2,(H,27,28)/t23-,24?/m1/s1. The molecule has 1 fully saturated rings. The predicted octanol–water partition coefficient (Wildman–Crippen LogP) is 5.58. The minimum atomic E-state index is -0.410. The van der Waals surface area contributed by atoms with E-state index >= 15 is 0 Å². The summed E-state index contributed by atoms with van der Waals surface area (Å²) in [7, 11) is 0. The first-order valence-electron chi connectivity index (χ1n) is 10.5. The van der Waals surface area contributed by atoms with Crippen molar-refractivity contribution in [2.75, 3.05) is 5.32 Å². The maximum atomic E-state index is 12.9.